The van der Waals surface area contributed by atoms with Crippen molar-refractivity contribution in [3.63, 3.8) is 0 Å². The zero-order chi connectivity index (χ0) is 12.5. The number of likely N-dealkylation sites (N-methyl/N-ethyl adjacent to an activating group) is 1. The number of rotatable bonds is 3. The quantitative estimate of drug-likeness (QED) is 0.805. The maximum atomic E-state index is 11.2. The van der Waals surface area contributed by atoms with Crippen molar-refractivity contribution in [2.75, 3.05) is 7.05 Å². The van der Waals surface area contributed by atoms with Gasteiger partial charge in [-0.3, -0.25) is 9.69 Å². The summed E-state index contributed by atoms with van der Waals surface area (Å²) in [5.74, 6) is 0.683. The largest absolute Gasteiger partial charge is 0.480 e. The zero-order valence-corrected chi connectivity index (χ0v) is 11.2. The molecule has 0 aromatic rings. The zero-order valence-electron chi connectivity index (χ0n) is 11.2. The van der Waals surface area contributed by atoms with Crippen molar-refractivity contribution in [1.82, 2.24) is 4.90 Å². The van der Waals surface area contributed by atoms with E-state index in [1.54, 1.807) is 13.8 Å². The second kappa shape index (κ2) is 4.74. The highest BCUT2D eigenvalue weighted by Crippen LogP contribution is 2.33. The Labute approximate surface area is 98.8 Å². The Morgan fingerprint density at radius 3 is 2.00 bits per heavy atom. The van der Waals surface area contributed by atoms with Gasteiger partial charge in [0.1, 0.15) is 5.54 Å². The van der Waals surface area contributed by atoms with Crippen LogP contribution in [0.2, 0.25) is 0 Å². The smallest absolute Gasteiger partial charge is 0.323 e. The first-order valence-corrected chi connectivity index (χ1v) is 6.21. The maximum Gasteiger partial charge on any atom is 0.323 e. The first kappa shape index (κ1) is 13.5. The van der Waals surface area contributed by atoms with E-state index in [0.29, 0.717) is 17.9 Å². The van der Waals surface area contributed by atoms with Gasteiger partial charge in [0.15, 0.2) is 0 Å². The van der Waals surface area contributed by atoms with Gasteiger partial charge in [-0.05, 0) is 52.0 Å². The summed E-state index contributed by atoms with van der Waals surface area (Å²) in [7, 11) is 1.95. The highest BCUT2D eigenvalue weighted by molar-refractivity contribution is 5.77. The number of carbonyl (C=O) groups is 1. The molecule has 1 rings (SSSR count). The Balaban J connectivity index is 2.73. The number of hydrogen-bond acceptors (Lipinski definition) is 2. The molecule has 3 nitrogen and oxygen atoms in total. The van der Waals surface area contributed by atoms with Crippen LogP contribution in [0.25, 0.3) is 0 Å². The van der Waals surface area contributed by atoms with Gasteiger partial charge in [-0.2, -0.15) is 0 Å². The molecule has 0 radical (unpaired) electrons. The summed E-state index contributed by atoms with van der Waals surface area (Å²) in [6.07, 6.45) is 3.52. The lowest BCUT2D eigenvalue weighted by Gasteiger charge is -2.43. The van der Waals surface area contributed by atoms with E-state index in [0.717, 1.165) is 12.8 Å². The number of nitrogens with zero attached hydrogens (tertiary/aromatic N) is 1. The molecule has 1 N–H and O–H groups in total. The summed E-state index contributed by atoms with van der Waals surface area (Å²) in [6.45, 7) is 8.12. The molecule has 0 aromatic carbocycles. The highest BCUT2D eigenvalue weighted by atomic mass is 16.4. The van der Waals surface area contributed by atoms with Gasteiger partial charge in [-0.25, -0.2) is 0 Å². The van der Waals surface area contributed by atoms with Crippen molar-refractivity contribution < 1.29 is 9.90 Å². The minimum atomic E-state index is -0.762. The molecule has 1 fully saturated rings. The predicted octanol–water partition coefficient (Wildman–Crippen LogP) is 2.61. The van der Waals surface area contributed by atoms with Gasteiger partial charge in [0.25, 0.3) is 0 Å². The Morgan fingerprint density at radius 1 is 1.19 bits per heavy atom. The second-order valence-corrected chi connectivity index (χ2v) is 6.05. The molecule has 0 aliphatic heterocycles. The average molecular weight is 227 g/mol. The first-order chi connectivity index (χ1) is 7.25. The van der Waals surface area contributed by atoms with Crippen molar-refractivity contribution >= 4 is 5.97 Å². The summed E-state index contributed by atoms with van der Waals surface area (Å²) in [5, 5.41) is 9.23. The Kier molecular flexibility index (Phi) is 4.00. The number of hydrogen-bond donors (Lipinski definition) is 1. The van der Waals surface area contributed by atoms with E-state index >= 15 is 0 Å². The summed E-state index contributed by atoms with van der Waals surface area (Å²) in [6, 6.07) is 0.407. The third kappa shape index (κ3) is 2.76. The van der Waals surface area contributed by atoms with E-state index in [2.05, 4.69) is 13.8 Å². The topological polar surface area (TPSA) is 40.5 Å². The minimum absolute atomic E-state index is 0.407. The molecule has 94 valence electrons. The number of carboxylic acids is 1. The minimum Gasteiger partial charge on any atom is -0.480 e. The van der Waals surface area contributed by atoms with Gasteiger partial charge in [0, 0.05) is 6.04 Å². The van der Waals surface area contributed by atoms with Crippen molar-refractivity contribution in [2.24, 2.45) is 11.8 Å². The summed E-state index contributed by atoms with van der Waals surface area (Å²) in [4.78, 5) is 13.3. The fourth-order valence-corrected chi connectivity index (χ4v) is 2.83. The fraction of sp³-hybridized carbons (Fsp3) is 0.923. The van der Waals surface area contributed by atoms with Crippen LogP contribution < -0.4 is 0 Å². The molecule has 3 heteroatoms. The van der Waals surface area contributed by atoms with Crippen LogP contribution in [0.5, 0.6) is 0 Å². The van der Waals surface area contributed by atoms with Crippen LogP contribution in [0.4, 0.5) is 0 Å². The van der Waals surface area contributed by atoms with E-state index in [1.165, 1.54) is 6.42 Å². The molecule has 0 heterocycles. The molecule has 0 aromatic heterocycles. The van der Waals surface area contributed by atoms with Crippen LogP contribution in [0.1, 0.15) is 47.0 Å². The normalized spacial score (nSPS) is 31.8. The molecule has 2 atom stereocenters. The van der Waals surface area contributed by atoms with Crippen molar-refractivity contribution in [2.45, 2.75) is 58.5 Å². The molecule has 2 unspecified atom stereocenters. The molecule has 1 aliphatic carbocycles. The Hall–Kier alpha value is -0.570. The molecular formula is C13H25NO2. The lowest BCUT2D eigenvalue weighted by Crippen LogP contribution is -2.54. The van der Waals surface area contributed by atoms with Gasteiger partial charge < -0.3 is 5.11 Å². The van der Waals surface area contributed by atoms with E-state index in [9.17, 15) is 9.90 Å². The summed E-state index contributed by atoms with van der Waals surface area (Å²) < 4.78 is 0. The summed E-state index contributed by atoms with van der Waals surface area (Å²) in [5.41, 5.74) is -0.762. The van der Waals surface area contributed by atoms with E-state index in [-0.39, 0.29) is 0 Å². The molecule has 0 saturated heterocycles. The maximum absolute atomic E-state index is 11.2. The molecule has 16 heavy (non-hydrogen) atoms. The van der Waals surface area contributed by atoms with Crippen LogP contribution in [0, 0.1) is 11.8 Å². The van der Waals surface area contributed by atoms with Crippen molar-refractivity contribution in [3.05, 3.63) is 0 Å². The Morgan fingerprint density at radius 2 is 1.62 bits per heavy atom. The summed E-state index contributed by atoms with van der Waals surface area (Å²) >= 11 is 0. The lowest BCUT2D eigenvalue weighted by atomic mass is 9.79. The van der Waals surface area contributed by atoms with Crippen LogP contribution >= 0.6 is 0 Å². The van der Waals surface area contributed by atoms with Crippen molar-refractivity contribution in [1.29, 1.82) is 0 Å². The first-order valence-electron chi connectivity index (χ1n) is 6.21. The van der Waals surface area contributed by atoms with Crippen LogP contribution in [0.15, 0.2) is 0 Å². The average Bonchev–Trinajstić information content (AvgIpc) is 2.14. The standard InChI is InChI=1S/C13H25NO2/c1-9-6-10(2)8-11(7-9)14(5)13(3,4)12(15)16/h9-11H,6-8H2,1-5H3,(H,15,16). The molecule has 1 aliphatic rings. The van der Waals surface area contributed by atoms with Gasteiger partial charge in [0.2, 0.25) is 0 Å². The molecule has 0 amide bonds. The number of carboxylic acid groups (broad SMARTS) is 1. The Bertz CT molecular complexity index is 253. The van der Waals surface area contributed by atoms with Gasteiger partial charge in [0.05, 0.1) is 0 Å². The molecule has 0 spiro atoms. The van der Waals surface area contributed by atoms with Crippen LogP contribution in [-0.2, 0) is 4.79 Å². The monoisotopic (exact) mass is 227 g/mol. The fourth-order valence-electron chi connectivity index (χ4n) is 2.83. The molecule has 1 saturated carbocycles. The molecule has 0 bridgehead atoms. The van der Waals surface area contributed by atoms with E-state index in [1.807, 2.05) is 11.9 Å². The van der Waals surface area contributed by atoms with Crippen LogP contribution in [-0.4, -0.2) is 34.6 Å². The highest BCUT2D eigenvalue weighted by Gasteiger charge is 2.38. The van der Waals surface area contributed by atoms with Crippen LogP contribution in [0.3, 0.4) is 0 Å². The van der Waals surface area contributed by atoms with Gasteiger partial charge in [-0.1, -0.05) is 13.8 Å². The van der Waals surface area contributed by atoms with E-state index in [4.69, 9.17) is 0 Å². The molecular weight excluding hydrogens is 202 g/mol. The second-order valence-electron chi connectivity index (χ2n) is 6.05. The number of aliphatic carboxylic acids is 1. The van der Waals surface area contributed by atoms with Crippen molar-refractivity contribution in [3.8, 4) is 0 Å². The van der Waals surface area contributed by atoms with Gasteiger partial charge in [-0.15, -0.1) is 0 Å². The predicted molar refractivity (Wildman–Crippen MR) is 65.4 cm³/mol. The van der Waals surface area contributed by atoms with E-state index < -0.39 is 11.5 Å². The SMILES string of the molecule is CC1CC(C)CC(N(C)C(C)(C)C(=O)O)C1. The van der Waals surface area contributed by atoms with Gasteiger partial charge >= 0.3 is 5.97 Å². The third-order valence-corrected chi connectivity index (χ3v) is 4.11. The lowest BCUT2D eigenvalue weighted by molar-refractivity contribution is -0.150. The third-order valence-electron chi connectivity index (χ3n) is 4.11.